The minimum absolute atomic E-state index is 0.00802. The number of methoxy groups -OCH3 is 1. The third-order valence-corrected chi connectivity index (χ3v) is 6.26. The van der Waals surface area contributed by atoms with Crippen LogP contribution in [0, 0.1) is 23.5 Å². The summed E-state index contributed by atoms with van der Waals surface area (Å²) < 4.78 is 34.8. The lowest BCUT2D eigenvalue weighted by Gasteiger charge is -2.22. The lowest BCUT2D eigenvalue weighted by molar-refractivity contribution is -0.146. The van der Waals surface area contributed by atoms with E-state index < -0.39 is 41.3 Å². The summed E-state index contributed by atoms with van der Waals surface area (Å²) >= 11 is 0. The fraction of sp³-hybridized carbons (Fsp3) is 0.591. The van der Waals surface area contributed by atoms with Gasteiger partial charge in [-0.15, -0.1) is 0 Å². The standard InChI is InChI=1S/C22H28F2N2O4/c1-11(12(2)20(28)30-5)9-25-16(27)10-26-19-15(23)8-14(13-6-7-13)18(24)17(19)22(3,4)21(26)29/h8,11-13H,6-7,9-10H2,1-5H3,(H,25,27)/t11-,12-/m0/s1. The largest absolute Gasteiger partial charge is 0.469 e. The number of carbonyl (C=O) groups excluding carboxylic acids is 3. The van der Waals surface area contributed by atoms with Crippen molar-refractivity contribution in [3.8, 4) is 0 Å². The highest BCUT2D eigenvalue weighted by atomic mass is 19.1. The molecule has 8 heteroatoms. The van der Waals surface area contributed by atoms with Gasteiger partial charge in [0.1, 0.15) is 18.2 Å². The van der Waals surface area contributed by atoms with Crippen molar-refractivity contribution in [1.82, 2.24) is 5.32 Å². The lowest BCUT2D eigenvalue weighted by Crippen LogP contribution is -2.44. The number of amides is 2. The summed E-state index contributed by atoms with van der Waals surface area (Å²) in [5, 5.41) is 2.66. The minimum atomic E-state index is -1.27. The molecule has 1 saturated carbocycles. The first-order chi connectivity index (χ1) is 14.0. The van der Waals surface area contributed by atoms with Crippen molar-refractivity contribution in [1.29, 1.82) is 0 Å². The summed E-state index contributed by atoms with van der Waals surface area (Å²) in [5.74, 6) is -3.28. The van der Waals surface area contributed by atoms with Crippen LogP contribution in [-0.2, 0) is 24.5 Å². The van der Waals surface area contributed by atoms with Crippen molar-refractivity contribution < 1.29 is 27.9 Å². The second-order valence-electron chi connectivity index (χ2n) is 8.87. The predicted octanol–water partition coefficient (Wildman–Crippen LogP) is 3.03. The van der Waals surface area contributed by atoms with Gasteiger partial charge in [0.25, 0.3) is 0 Å². The molecule has 2 atom stereocenters. The fourth-order valence-electron chi connectivity index (χ4n) is 3.93. The van der Waals surface area contributed by atoms with E-state index >= 15 is 4.39 Å². The summed E-state index contributed by atoms with van der Waals surface area (Å²) in [6.07, 6.45) is 1.61. The third kappa shape index (κ3) is 3.79. The van der Waals surface area contributed by atoms with Crippen molar-refractivity contribution in [2.24, 2.45) is 11.8 Å². The highest BCUT2D eigenvalue weighted by Crippen LogP contribution is 2.50. The van der Waals surface area contributed by atoms with Crippen LogP contribution < -0.4 is 10.2 Å². The summed E-state index contributed by atoms with van der Waals surface area (Å²) in [5.41, 5.74) is -1.09. The van der Waals surface area contributed by atoms with Gasteiger partial charge in [0.05, 0.1) is 24.1 Å². The molecule has 1 aromatic rings. The molecule has 0 saturated heterocycles. The van der Waals surface area contributed by atoms with Gasteiger partial charge in [-0.25, -0.2) is 8.78 Å². The van der Waals surface area contributed by atoms with Crippen LogP contribution in [0.25, 0.3) is 0 Å². The normalized spacial score (nSPS) is 19.3. The van der Waals surface area contributed by atoms with Crippen LogP contribution in [0.4, 0.5) is 14.5 Å². The van der Waals surface area contributed by atoms with E-state index in [0.717, 1.165) is 23.8 Å². The number of fused-ring (bicyclic) bond motifs is 1. The maximum absolute atomic E-state index is 15.2. The zero-order valence-electron chi connectivity index (χ0n) is 18.0. The molecule has 2 amide bonds. The zero-order chi connectivity index (χ0) is 22.4. The predicted molar refractivity (Wildman–Crippen MR) is 107 cm³/mol. The number of ether oxygens (including phenoxy) is 1. The number of halogens is 2. The van der Waals surface area contributed by atoms with Crippen LogP contribution in [0.5, 0.6) is 0 Å². The molecule has 164 valence electrons. The highest BCUT2D eigenvalue weighted by molar-refractivity contribution is 6.10. The van der Waals surface area contributed by atoms with Gasteiger partial charge in [0.15, 0.2) is 0 Å². The van der Waals surface area contributed by atoms with E-state index in [1.807, 2.05) is 0 Å². The van der Waals surface area contributed by atoms with E-state index in [2.05, 4.69) is 5.32 Å². The first-order valence-corrected chi connectivity index (χ1v) is 10.2. The van der Waals surface area contributed by atoms with Gasteiger partial charge in [-0.3, -0.25) is 19.3 Å². The SMILES string of the molecule is COC(=O)[C@@H](C)[C@@H](C)CNC(=O)CN1C(=O)C(C)(C)c2c(F)c(C3CC3)cc(F)c21. The number of benzene rings is 1. The number of carbonyl (C=O) groups is 3. The number of hydrogen-bond donors (Lipinski definition) is 1. The quantitative estimate of drug-likeness (QED) is 0.686. The lowest BCUT2D eigenvalue weighted by atomic mass is 9.84. The van der Waals surface area contributed by atoms with Crippen molar-refractivity contribution in [2.45, 2.75) is 51.9 Å². The first-order valence-electron chi connectivity index (χ1n) is 10.2. The fourth-order valence-corrected chi connectivity index (χ4v) is 3.93. The molecule has 30 heavy (non-hydrogen) atoms. The van der Waals surface area contributed by atoms with Gasteiger partial charge in [-0.1, -0.05) is 13.8 Å². The molecule has 0 unspecified atom stereocenters. The molecule has 2 aliphatic rings. The third-order valence-electron chi connectivity index (χ3n) is 6.26. The Kier molecular flexibility index (Phi) is 5.89. The van der Waals surface area contributed by atoms with Crippen molar-refractivity contribution in [3.05, 3.63) is 28.8 Å². The van der Waals surface area contributed by atoms with Crippen LogP contribution in [0.3, 0.4) is 0 Å². The van der Waals surface area contributed by atoms with Gasteiger partial charge >= 0.3 is 5.97 Å². The van der Waals surface area contributed by atoms with Crippen LogP contribution in [0.2, 0.25) is 0 Å². The molecule has 0 bridgehead atoms. The number of rotatable bonds is 7. The average Bonchev–Trinajstić information content (AvgIpc) is 3.51. The van der Waals surface area contributed by atoms with E-state index in [9.17, 15) is 18.8 Å². The average molecular weight is 422 g/mol. The monoisotopic (exact) mass is 422 g/mol. The zero-order valence-corrected chi connectivity index (χ0v) is 18.0. The van der Waals surface area contributed by atoms with Crippen molar-refractivity contribution >= 4 is 23.5 Å². The molecule has 1 fully saturated rings. The Bertz CT molecular complexity index is 896. The van der Waals surface area contributed by atoms with Crippen molar-refractivity contribution in [2.75, 3.05) is 25.1 Å². The number of hydrogen-bond acceptors (Lipinski definition) is 4. The number of anilines is 1. The Hall–Kier alpha value is -2.51. The first kappa shape index (κ1) is 22.2. The van der Waals surface area contributed by atoms with Crippen LogP contribution in [0.1, 0.15) is 57.6 Å². The van der Waals surface area contributed by atoms with Crippen LogP contribution in [0.15, 0.2) is 6.07 Å². The van der Waals surface area contributed by atoms with Crippen LogP contribution >= 0.6 is 0 Å². The molecule has 0 radical (unpaired) electrons. The smallest absolute Gasteiger partial charge is 0.308 e. The summed E-state index contributed by atoms with van der Waals surface area (Å²) in [6, 6.07) is 1.16. The summed E-state index contributed by atoms with van der Waals surface area (Å²) in [6.45, 7) is 6.34. The second kappa shape index (κ2) is 7.96. The van der Waals surface area contributed by atoms with E-state index in [1.54, 1.807) is 27.7 Å². The van der Waals surface area contributed by atoms with Gasteiger partial charge in [-0.2, -0.15) is 0 Å². The Morgan fingerprint density at radius 2 is 1.93 bits per heavy atom. The van der Waals surface area contributed by atoms with E-state index in [1.165, 1.54) is 7.11 Å². The molecule has 1 aliphatic carbocycles. The van der Waals surface area contributed by atoms with Gasteiger partial charge in [-0.05, 0) is 50.2 Å². The Balaban J connectivity index is 1.78. The molecular formula is C22H28F2N2O4. The minimum Gasteiger partial charge on any atom is -0.469 e. The molecular weight excluding hydrogens is 394 g/mol. The van der Waals surface area contributed by atoms with Gasteiger partial charge in [0.2, 0.25) is 11.8 Å². The molecule has 0 aromatic heterocycles. The summed E-state index contributed by atoms with van der Waals surface area (Å²) in [7, 11) is 1.30. The molecule has 1 heterocycles. The Morgan fingerprint density at radius 3 is 2.50 bits per heavy atom. The molecule has 1 aliphatic heterocycles. The van der Waals surface area contributed by atoms with Gasteiger partial charge in [0, 0.05) is 12.1 Å². The van der Waals surface area contributed by atoms with Gasteiger partial charge < -0.3 is 10.1 Å². The van der Waals surface area contributed by atoms with E-state index in [0.29, 0.717) is 5.56 Å². The number of nitrogens with one attached hydrogen (secondary N) is 1. The maximum atomic E-state index is 15.2. The molecule has 6 nitrogen and oxygen atoms in total. The van der Waals surface area contributed by atoms with E-state index in [-0.39, 0.29) is 35.6 Å². The molecule has 1 aromatic carbocycles. The Labute approximate surface area is 174 Å². The van der Waals surface area contributed by atoms with E-state index in [4.69, 9.17) is 4.74 Å². The molecule has 3 rings (SSSR count). The second-order valence-corrected chi connectivity index (χ2v) is 8.87. The molecule has 1 N–H and O–H groups in total. The van der Waals surface area contributed by atoms with Crippen LogP contribution in [-0.4, -0.2) is 38.0 Å². The number of nitrogens with zero attached hydrogens (tertiary/aromatic N) is 1. The number of esters is 1. The highest BCUT2D eigenvalue weighted by Gasteiger charge is 2.49. The van der Waals surface area contributed by atoms with Crippen molar-refractivity contribution in [3.63, 3.8) is 0 Å². The molecule has 0 spiro atoms. The topological polar surface area (TPSA) is 75.7 Å². The maximum Gasteiger partial charge on any atom is 0.308 e. The Morgan fingerprint density at radius 1 is 1.30 bits per heavy atom. The summed E-state index contributed by atoms with van der Waals surface area (Å²) in [4.78, 5) is 38.1.